The zero-order valence-electron chi connectivity index (χ0n) is 8.41. The van der Waals surface area contributed by atoms with E-state index in [2.05, 4.69) is 9.82 Å². The number of nitrogens with one attached hydrogen (secondary N) is 1. The van der Waals surface area contributed by atoms with Gasteiger partial charge in [0, 0.05) is 18.9 Å². The van der Waals surface area contributed by atoms with Crippen molar-refractivity contribution >= 4 is 21.4 Å². The number of sulfonamides is 1. The number of rotatable bonds is 5. The van der Waals surface area contributed by atoms with Crippen molar-refractivity contribution in [2.24, 2.45) is 0 Å². The number of hydrogen-bond acceptors (Lipinski definition) is 4. The standard InChI is InChI=1S/C9H11N3O2S2/c13-16(14,9-3-1-8-15-9)11-5-7-12-6-2-4-10-12/h1-4,6,8,11H,5,7H2. The van der Waals surface area contributed by atoms with Gasteiger partial charge in [0.1, 0.15) is 4.21 Å². The Bertz CT molecular complexity index is 517. The SMILES string of the molecule is O=S(=O)(NCCn1cccn1)c1cccs1. The van der Waals surface area contributed by atoms with Crippen LogP contribution in [0.4, 0.5) is 0 Å². The number of hydrogen-bond donors (Lipinski definition) is 1. The first kappa shape index (κ1) is 11.3. The number of nitrogens with zero attached hydrogens (tertiary/aromatic N) is 2. The van der Waals surface area contributed by atoms with E-state index in [-0.39, 0.29) is 0 Å². The molecule has 0 amide bonds. The van der Waals surface area contributed by atoms with Gasteiger partial charge in [-0.2, -0.15) is 5.10 Å². The molecule has 0 aliphatic carbocycles. The van der Waals surface area contributed by atoms with Crippen molar-refractivity contribution in [3.8, 4) is 0 Å². The van der Waals surface area contributed by atoms with Crippen molar-refractivity contribution in [1.82, 2.24) is 14.5 Å². The van der Waals surface area contributed by atoms with Crippen LogP contribution < -0.4 is 4.72 Å². The lowest BCUT2D eigenvalue weighted by molar-refractivity contribution is 0.562. The topological polar surface area (TPSA) is 64.0 Å². The molecular formula is C9H11N3O2S2. The zero-order valence-corrected chi connectivity index (χ0v) is 10.0. The van der Waals surface area contributed by atoms with Gasteiger partial charge in [-0.15, -0.1) is 11.3 Å². The van der Waals surface area contributed by atoms with Gasteiger partial charge >= 0.3 is 0 Å². The van der Waals surface area contributed by atoms with Crippen molar-refractivity contribution in [1.29, 1.82) is 0 Å². The molecule has 2 aromatic rings. The maximum absolute atomic E-state index is 11.7. The van der Waals surface area contributed by atoms with Crippen molar-refractivity contribution < 1.29 is 8.42 Å². The van der Waals surface area contributed by atoms with Crippen LogP contribution in [0.3, 0.4) is 0 Å². The summed E-state index contributed by atoms with van der Waals surface area (Å²) in [6.45, 7) is 0.861. The molecule has 0 spiro atoms. The summed E-state index contributed by atoms with van der Waals surface area (Å²) in [5.74, 6) is 0. The van der Waals surface area contributed by atoms with Crippen molar-refractivity contribution in [2.75, 3.05) is 6.54 Å². The van der Waals surface area contributed by atoms with Gasteiger partial charge in [-0.1, -0.05) is 6.07 Å². The number of thiophene rings is 1. The Labute approximate surface area is 97.8 Å². The Morgan fingerprint density at radius 1 is 1.44 bits per heavy atom. The van der Waals surface area contributed by atoms with Gasteiger partial charge in [0.2, 0.25) is 10.0 Å². The van der Waals surface area contributed by atoms with Crippen molar-refractivity contribution in [3.05, 3.63) is 36.0 Å². The lowest BCUT2D eigenvalue weighted by atomic mass is 10.6. The Hall–Kier alpha value is -1.18. The average molecular weight is 257 g/mol. The summed E-state index contributed by atoms with van der Waals surface area (Å²) in [7, 11) is -3.34. The maximum atomic E-state index is 11.7. The highest BCUT2D eigenvalue weighted by atomic mass is 32.2. The van der Waals surface area contributed by atoms with Crippen LogP contribution in [0.25, 0.3) is 0 Å². The van der Waals surface area contributed by atoms with E-state index in [1.165, 1.54) is 11.3 Å². The van der Waals surface area contributed by atoms with Gasteiger partial charge in [0.15, 0.2) is 0 Å². The molecule has 0 aliphatic rings. The Kier molecular flexibility index (Phi) is 3.37. The third kappa shape index (κ3) is 2.69. The van der Waals surface area contributed by atoms with Gasteiger partial charge in [0.05, 0.1) is 6.54 Å². The molecule has 0 aromatic carbocycles. The summed E-state index contributed by atoms with van der Waals surface area (Å²) < 4.78 is 27.9. The average Bonchev–Trinajstić information content (AvgIpc) is 2.90. The zero-order chi connectivity index (χ0) is 11.4. The molecule has 0 bridgehead atoms. The van der Waals surface area contributed by atoms with E-state index in [0.717, 1.165) is 0 Å². The minimum atomic E-state index is -3.34. The first-order valence-electron chi connectivity index (χ1n) is 4.69. The highest BCUT2D eigenvalue weighted by Gasteiger charge is 2.13. The summed E-state index contributed by atoms with van der Waals surface area (Å²) in [6, 6.07) is 5.10. The molecule has 2 rings (SSSR count). The summed E-state index contributed by atoms with van der Waals surface area (Å²) >= 11 is 1.20. The maximum Gasteiger partial charge on any atom is 0.250 e. The fourth-order valence-electron chi connectivity index (χ4n) is 1.21. The van der Waals surface area contributed by atoms with Gasteiger partial charge in [-0.3, -0.25) is 4.68 Å². The second-order valence-electron chi connectivity index (χ2n) is 3.10. The molecular weight excluding hydrogens is 246 g/mol. The van der Waals surface area contributed by atoms with Crippen LogP contribution in [-0.4, -0.2) is 24.7 Å². The van der Waals surface area contributed by atoms with E-state index in [9.17, 15) is 8.42 Å². The summed E-state index contributed by atoms with van der Waals surface area (Å²) in [4.78, 5) is 0. The highest BCUT2D eigenvalue weighted by Crippen LogP contribution is 2.14. The largest absolute Gasteiger partial charge is 0.271 e. The monoisotopic (exact) mass is 257 g/mol. The first-order valence-corrected chi connectivity index (χ1v) is 7.05. The molecule has 0 fully saturated rings. The minimum Gasteiger partial charge on any atom is -0.271 e. The Morgan fingerprint density at radius 3 is 2.94 bits per heavy atom. The predicted octanol–water partition coefficient (Wildman–Crippen LogP) is 0.923. The molecule has 86 valence electrons. The second-order valence-corrected chi connectivity index (χ2v) is 6.04. The van der Waals surface area contributed by atoms with Crippen LogP contribution in [0, 0.1) is 0 Å². The fraction of sp³-hybridized carbons (Fsp3) is 0.222. The lowest BCUT2D eigenvalue weighted by Gasteiger charge is -2.04. The summed E-state index contributed by atoms with van der Waals surface area (Å²) in [5.41, 5.74) is 0. The van der Waals surface area contributed by atoms with Crippen molar-refractivity contribution in [3.63, 3.8) is 0 Å². The third-order valence-electron chi connectivity index (χ3n) is 1.95. The van der Waals surface area contributed by atoms with Crippen molar-refractivity contribution in [2.45, 2.75) is 10.8 Å². The van der Waals surface area contributed by atoms with Gasteiger partial charge in [-0.05, 0) is 17.5 Å². The molecule has 2 aromatic heterocycles. The summed E-state index contributed by atoms with van der Waals surface area (Å²) in [5, 5.41) is 5.72. The molecule has 0 saturated carbocycles. The first-order chi connectivity index (χ1) is 7.68. The lowest BCUT2D eigenvalue weighted by Crippen LogP contribution is -2.26. The van der Waals surface area contributed by atoms with E-state index < -0.39 is 10.0 Å². The smallest absolute Gasteiger partial charge is 0.250 e. The highest BCUT2D eigenvalue weighted by molar-refractivity contribution is 7.91. The normalized spacial score (nSPS) is 11.8. The molecule has 5 nitrogen and oxygen atoms in total. The van der Waals surface area contributed by atoms with Crippen LogP contribution in [0.15, 0.2) is 40.2 Å². The van der Waals surface area contributed by atoms with E-state index in [1.807, 2.05) is 0 Å². The molecule has 1 N–H and O–H groups in total. The number of aromatic nitrogens is 2. The fourth-order valence-corrected chi connectivity index (χ4v) is 3.27. The van der Waals surface area contributed by atoms with Gasteiger partial charge < -0.3 is 0 Å². The quantitative estimate of drug-likeness (QED) is 0.866. The molecule has 7 heteroatoms. The molecule has 0 unspecified atom stereocenters. The van der Waals surface area contributed by atoms with E-state index >= 15 is 0 Å². The Morgan fingerprint density at radius 2 is 2.31 bits per heavy atom. The van der Waals surface area contributed by atoms with Crippen LogP contribution >= 0.6 is 11.3 Å². The Balaban J connectivity index is 1.91. The van der Waals surface area contributed by atoms with Crippen LogP contribution in [0.2, 0.25) is 0 Å². The second kappa shape index (κ2) is 4.77. The van der Waals surface area contributed by atoms with E-state index in [1.54, 1.807) is 40.7 Å². The summed E-state index contributed by atoms with van der Waals surface area (Å²) in [6.07, 6.45) is 3.45. The molecule has 0 radical (unpaired) electrons. The van der Waals surface area contributed by atoms with Gasteiger partial charge in [-0.25, -0.2) is 13.1 Å². The van der Waals surface area contributed by atoms with Gasteiger partial charge in [0.25, 0.3) is 0 Å². The van der Waals surface area contributed by atoms with E-state index in [0.29, 0.717) is 17.3 Å². The molecule has 16 heavy (non-hydrogen) atoms. The van der Waals surface area contributed by atoms with Crippen LogP contribution in [-0.2, 0) is 16.6 Å². The third-order valence-corrected chi connectivity index (χ3v) is 4.81. The predicted molar refractivity (Wildman–Crippen MR) is 61.7 cm³/mol. The minimum absolute atomic E-state index is 0.335. The molecule has 0 aliphatic heterocycles. The molecule has 0 saturated heterocycles. The molecule has 2 heterocycles. The van der Waals surface area contributed by atoms with E-state index in [4.69, 9.17) is 0 Å². The molecule has 0 atom stereocenters. The van der Waals surface area contributed by atoms with Crippen LogP contribution in [0.1, 0.15) is 0 Å². The van der Waals surface area contributed by atoms with Crippen LogP contribution in [0.5, 0.6) is 0 Å².